The number of nitrogens with one attached hydrogen (secondary N) is 4. The lowest BCUT2D eigenvalue weighted by molar-refractivity contribution is -0.124. The number of amides is 3. The van der Waals surface area contributed by atoms with Gasteiger partial charge in [0.15, 0.2) is 5.65 Å². The maximum atomic E-state index is 14.4. The van der Waals surface area contributed by atoms with Crippen molar-refractivity contribution in [3.05, 3.63) is 160 Å². The molecule has 4 aromatic carbocycles. The summed E-state index contributed by atoms with van der Waals surface area (Å²) >= 11 is 0. The van der Waals surface area contributed by atoms with Crippen LogP contribution in [0, 0.1) is 0 Å². The van der Waals surface area contributed by atoms with Crippen LogP contribution in [0.15, 0.2) is 126 Å². The minimum atomic E-state index is -1.20. The lowest BCUT2D eigenvalue weighted by atomic mass is 9.89. The topological polar surface area (TPSA) is 295 Å². The van der Waals surface area contributed by atoms with Crippen molar-refractivity contribution in [1.29, 1.82) is 0 Å². The molecule has 3 aromatic heterocycles. The largest absolute Gasteiger partial charge is 0.478 e. The third kappa shape index (κ3) is 11.9. The number of imidazole rings is 1. The van der Waals surface area contributed by atoms with Crippen molar-refractivity contribution in [2.45, 2.75) is 45.2 Å². The van der Waals surface area contributed by atoms with Crippen LogP contribution in [0.1, 0.15) is 55.8 Å². The number of hydrogen-bond donors (Lipinski definition) is 7. The molecule has 0 saturated heterocycles. The molecule has 21 nitrogen and oxygen atoms in total. The highest BCUT2D eigenvalue weighted by Gasteiger charge is 2.27. The van der Waals surface area contributed by atoms with Crippen LogP contribution >= 0.6 is 0 Å². The highest BCUT2D eigenvalue weighted by Crippen LogP contribution is 2.42. The molecule has 76 heavy (non-hydrogen) atoms. The molecule has 1 aliphatic heterocycles. The number of H-pyrrole nitrogens is 1. The number of nitrogen functional groups attached to an aromatic ring is 2. The average Bonchev–Trinajstić information content (AvgIpc) is 3.90. The van der Waals surface area contributed by atoms with Gasteiger partial charge in [-0.2, -0.15) is 15.0 Å². The van der Waals surface area contributed by atoms with Crippen molar-refractivity contribution < 1.29 is 38.2 Å². The summed E-state index contributed by atoms with van der Waals surface area (Å²) in [6.07, 6.45) is 2.78. The molecule has 2 aliphatic rings. The Labute approximate surface area is 435 Å². The number of hydrogen-bond acceptors (Lipinski definition) is 15. The molecule has 7 aromatic rings. The summed E-state index contributed by atoms with van der Waals surface area (Å²) in [5, 5.41) is 20.7. The average molecular weight is 1030 g/mol. The van der Waals surface area contributed by atoms with E-state index in [4.69, 9.17) is 25.4 Å². The van der Waals surface area contributed by atoms with E-state index in [1.165, 1.54) is 30.7 Å². The first kappa shape index (κ1) is 51.0. The number of carbonyl (C=O) groups excluding carboxylic acids is 3. The number of rotatable bonds is 19. The van der Waals surface area contributed by atoms with Gasteiger partial charge in [0.25, 0.3) is 5.91 Å². The third-order valence-electron chi connectivity index (χ3n) is 12.5. The van der Waals surface area contributed by atoms with Gasteiger partial charge in [-0.1, -0.05) is 48.5 Å². The molecule has 0 radical (unpaired) electrons. The second kappa shape index (κ2) is 22.5. The highest BCUT2D eigenvalue weighted by molar-refractivity contribution is 6.10. The van der Waals surface area contributed by atoms with E-state index in [-0.39, 0.29) is 85.4 Å². The fourth-order valence-corrected chi connectivity index (χ4v) is 8.34. The summed E-state index contributed by atoms with van der Waals surface area (Å²) in [4.78, 5) is 80.3. The monoisotopic (exact) mass is 1020 g/mol. The van der Waals surface area contributed by atoms with E-state index in [1.807, 2.05) is 123 Å². The molecule has 3 amide bonds. The van der Waals surface area contributed by atoms with Crippen LogP contribution in [-0.2, 0) is 35.9 Å². The number of aromatic carboxylic acids is 1. The summed E-state index contributed by atoms with van der Waals surface area (Å²) in [6.45, 7) is 0.653. The van der Waals surface area contributed by atoms with E-state index in [2.05, 4.69) is 45.9 Å². The van der Waals surface area contributed by atoms with Gasteiger partial charge in [0.05, 0.1) is 18.0 Å². The summed E-state index contributed by atoms with van der Waals surface area (Å²) in [7, 11) is 7.63. The van der Waals surface area contributed by atoms with Crippen molar-refractivity contribution in [2.75, 3.05) is 44.6 Å². The van der Waals surface area contributed by atoms with Crippen LogP contribution in [0.4, 0.5) is 17.5 Å². The maximum absolute atomic E-state index is 14.4. The summed E-state index contributed by atoms with van der Waals surface area (Å²) < 4.78 is 20.0. The number of anilines is 3. The van der Waals surface area contributed by atoms with Crippen LogP contribution in [0.5, 0.6) is 11.9 Å². The molecular formula is C55H54N13O8+. The number of aromatic amines is 1. The van der Waals surface area contributed by atoms with E-state index >= 15 is 0 Å². The number of ether oxygens (including phenoxy) is 2. The zero-order chi connectivity index (χ0) is 53.5. The molecule has 1 aliphatic carbocycles. The van der Waals surface area contributed by atoms with Crippen LogP contribution in [0.2, 0.25) is 0 Å². The lowest BCUT2D eigenvalue weighted by Gasteiger charge is -2.20. The zero-order valence-corrected chi connectivity index (χ0v) is 42.0. The fourth-order valence-electron chi connectivity index (χ4n) is 8.34. The van der Waals surface area contributed by atoms with Crippen LogP contribution in [0.25, 0.3) is 44.6 Å². The predicted molar refractivity (Wildman–Crippen MR) is 285 cm³/mol. The number of benzene rings is 5. The van der Waals surface area contributed by atoms with Gasteiger partial charge in [-0.3, -0.25) is 14.4 Å². The number of nitrogens with two attached hydrogens (primary N) is 2. The van der Waals surface area contributed by atoms with Crippen molar-refractivity contribution in [1.82, 2.24) is 50.4 Å². The Kier molecular flexibility index (Phi) is 15.1. The van der Waals surface area contributed by atoms with Gasteiger partial charge >= 0.3 is 12.0 Å². The molecule has 9 rings (SSSR count). The van der Waals surface area contributed by atoms with E-state index < -0.39 is 23.8 Å². The van der Waals surface area contributed by atoms with E-state index in [0.29, 0.717) is 39.0 Å². The normalized spacial score (nSPS) is 11.5. The maximum Gasteiger partial charge on any atom is 0.336 e. The third-order valence-corrected chi connectivity index (χ3v) is 12.5. The number of aromatic nitrogens is 6. The molecule has 0 spiro atoms. The first-order valence-corrected chi connectivity index (χ1v) is 24.0. The van der Waals surface area contributed by atoms with E-state index in [0.717, 1.165) is 33.3 Å². The van der Waals surface area contributed by atoms with Crippen molar-refractivity contribution >= 4 is 63.3 Å². The number of carboxylic acid groups (broad SMARTS) is 1. The predicted octanol–water partition coefficient (Wildman–Crippen LogP) is 5.29. The second-order valence-electron chi connectivity index (χ2n) is 18.2. The molecular weight excluding hydrogens is 971 g/mol. The smallest absolute Gasteiger partial charge is 0.336 e. The Morgan fingerprint density at radius 3 is 2.18 bits per heavy atom. The van der Waals surface area contributed by atoms with Gasteiger partial charge in [0.1, 0.15) is 56.0 Å². The molecule has 0 fully saturated rings. The minimum absolute atomic E-state index is 0.0364. The number of carbonyl (C=O) groups is 4. The van der Waals surface area contributed by atoms with E-state index in [9.17, 15) is 24.3 Å². The Bertz CT molecular complexity index is 3670. The quantitative estimate of drug-likeness (QED) is 0.0400. The van der Waals surface area contributed by atoms with Crippen molar-refractivity contribution in [2.24, 2.45) is 0 Å². The van der Waals surface area contributed by atoms with E-state index in [1.54, 1.807) is 6.07 Å². The van der Waals surface area contributed by atoms with Gasteiger partial charge in [-0.25, -0.2) is 19.3 Å². The standard InChI is InChI=1S/C55H53N13O8/c1-67(2)36-14-17-39-43(24-36)76-44-25-37(68(3)4)15-18-40(44)47(39)41-23-35(13-16-38(41)53(72)73)50(70)63-42(51(71)60-27-32-7-11-34(12-8-32)29-75-55-58-22-21-45(56)64-55)19-20-46(69)59-26-31-5-9-33(10-6-31)28-74-52-48-49(62-30-61-48)65-54(57)66-52/h5-18,21-25,30,42H,19-20,26-29H2,1-4H3,(H8-,56,57,58,59,60,61,62,63,64,65,66,69,70,71,72,73)/p+1. The fraction of sp³-hybridized carbons (Fsp3) is 0.200. The SMILES string of the molecule is CN(C)c1ccc2c(-c3cc(C(=O)NC(CCC(=O)NCc4ccc(COc5nc(N)nc6nc[nH]c56)cc4)C(=O)NCc4ccc(COc5nccc(N)n5)cc4)ccc3C(=O)O)c3ccc(=[N+](C)C)cc-3oc2c1. The zero-order valence-electron chi connectivity index (χ0n) is 42.0. The molecule has 1 unspecified atom stereocenters. The summed E-state index contributed by atoms with van der Waals surface area (Å²) in [6, 6.07) is 30.9. The van der Waals surface area contributed by atoms with Crippen molar-refractivity contribution in [3.63, 3.8) is 0 Å². The molecule has 9 N–H and O–H groups in total. The number of nitrogens with zero attached hydrogens (tertiary/aromatic N) is 7. The first-order chi connectivity index (χ1) is 36.6. The van der Waals surface area contributed by atoms with Gasteiger partial charge < -0.3 is 56.3 Å². The first-order valence-electron chi connectivity index (χ1n) is 24.0. The molecule has 0 bridgehead atoms. The van der Waals surface area contributed by atoms with Gasteiger partial charge in [0.2, 0.25) is 29.0 Å². The lowest BCUT2D eigenvalue weighted by Crippen LogP contribution is -2.47. The molecule has 0 saturated carbocycles. The van der Waals surface area contributed by atoms with Gasteiger partial charge in [0, 0.05) is 79.7 Å². The van der Waals surface area contributed by atoms with Gasteiger partial charge in [-0.15, -0.1) is 0 Å². The Balaban J connectivity index is 0.928. The second-order valence-corrected chi connectivity index (χ2v) is 18.2. The van der Waals surface area contributed by atoms with Gasteiger partial charge in [-0.05, 0) is 76.7 Å². The number of carboxylic acids is 1. The summed E-state index contributed by atoms with van der Waals surface area (Å²) in [5.74, 6) is -1.67. The van der Waals surface area contributed by atoms with Crippen LogP contribution in [0.3, 0.4) is 0 Å². The molecule has 21 heteroatoms. The Hall–Kier alpha value is -9.92. The minimum Gasteiger partial charge on any atom is -0.478 e. The van der Waals surface area contributed by atoms with Crippen LogP contribution < -0.4 is 51.7 Å². The highest BCUT2D eigenvalue weighted by atomic mass is 16.5. The molecule has 1 atom stereocenters. The van der Waals surface area contributed by atoms with Crippen molar-refractivity contribution in [3.8, 4) is 34.3 Å². The molecule has 386 valence electrons. The number of fused-ring (bicyclic) bond motifs is 3. The Morgan fingerprint density at radius 1 is 0.776 bits per heavy atom. The Morgan fingerprint density at radius 2 is 1.49 bits per heavy atom. The molecule has 4 heterocycles. The summed E-state index contributed by atoms with van der Waals surface area (Å²) in [5.41, 5.74) is 18.5. The van der Waals surface area contributed by atoms with Crippen LogP contribution in [-0.4, -0.2) is 92.9 Å².